The van der Waals surface area contributed by atoms with Crippen molar-refractivity contribution in [2.45, 2.75) is 13.5 Å². The fourth-order valence-corrected chi connectivity index (χ4v) is 2.21. The van der Waals surface area contributed by atoms with Crippen LogP contribution in [0.1, 0.15) is 12.7 Å². The van der Waals surface area contributed by atoms with Crippen LogP contribution in [0.5, 0.6) is 0 Å². The molecule has 1 heterocycles. The predicted molar refractivity (Wildman–Crippen MR) is 82.7 cm³/mol. The van der Waals surface area contributed by atoms with Crippen LogP contribution < -0.4 is 10.2 Å². The number of hydrogen-bond acceptors (Lipinski definition) is 3. The van der Waals surface area contributed by atoms with Crippen molar-refractivity contribution >= 4 is 33.4 Å². The number of hydrogen-bond donors (Lipinski definition) is 1. The fourth-order valence-electron chi connectivity index (χ4n) is 1.83. The smallest absolute Gasteiger partial charge is 0.240 e. The molecule has 0 atom stereocenters. The van der Waals surface area contributed by atoms with Gasteiger partial charge in [-0.1, -0.05) is 22.0 Å². The van der Waals surface area contributed by atoms with Gasteiger partial charge in [0.05, 0.1) is 12.8 Å². The van der Waals surface area contributed by atoms with Crippen molar-refractivity contribution in [1.82, 2.24) is 5.32 Å². The lowest BCUT2D eigenvalue weighted by atomic mass is 10.3. The second kappa shape index (κ2) is 7.08. The van der Waals surface area contributed by atoms with E-state index in [-0.39, 0.29) is 18.4 Å². The van der Waals surface area contributed by atoms with Gasteiger partial charge in [-0.05, 0) is 30.3 Å². The van der Waals surface area contributed by atoms with Gasteiger partial charge >= 0.3 is 0 Å². The molecule has 6 heteroatoms. The van der Waals surface area contributed by atoms with E-state index < -0.39 is 0 Å². The third-order valence-corrected chi connectivity index (χ3v) is 3.33. The van der Waals surface area contributed by atoms with Gasteiger partial charge in [0.1, 0.15) is 12.3 Å². The second-order valence-electron chi connectivity index (χ2n) is 4.44. The highest BCUT2D eigenvalue weighted by Gasteiger charge is 2.16. The summed E-state index contributed by atoms with van der Waals surface area (Å²) in [4.78, 5) is 25.1. The Morgan fingerprint density at radius 2 is 2.10 bits per heavy atom. The Morgan fingerprint density at radius 3 is 2.71 bits per heavy atom. The minimum absolute atomic E-state index is 0.0352. The summed E-state index contributed by atoms with van der Waals surface area (Å²) in [6.07, 6.45) is 1.55. The third kappa shape index (κ3) is 4.46. The quantitative estimate of drug-likeness (QED) is 0.901. The first-order valence-corrected chi connectivity index (χ1v) is 7.18. The molecule has 0 bridgehead atoms. The van der Waals surface area contributed by atoms with Crippen LogP contribution in [0.15, 0.2) is 51.6 Å². The summed E-state index contributed by atoms with van der Waals surface area (Å²) < 4.78 is 5.98. The zero-order chi connectivity index (χ0) is 15.2. The summed E-state index contributed by atoms with van der Waals surface area (Å²) in [5, 5.41) is 2.72. The third-order valence-electron chi connectivity index (χ3n) is 2.84. The average molecular weight is 351 g/mol. The van der Waals surface area contributed by atoms with Gasteiger partial charge in [-0.25, -0.2) is 0 Å². The van der Waals surface area contributed by atoms with E-state index in [4.69, 9.17) is 4.42 Å². The van der Waals surface area contributed by atoms with Crippen molar-refractivity contribution in [2.75, 3.05) is 11.4 Å². The summed E-state index contributed by atoms with van der Waals surface area (Å²) >= 11 is 3.35. The van der Waals surface area contributed by atoms with Crippen LogP contribution in [0.2, 0.25) is 0 Å². The molecule has 0 unspecified atom stereocenters. The summed E-state index contributed by atoms with van der Waals surface area (Å²) in [6.45, 7) is 1.70. The predicted octanol–water partition coefficient (Wildman–Crippen LogP) is 2.71. The molecule has 21 heavy (non-hydrogen) atoms. The number of carbonyl (C=O) groups excluding carboxylic acids is 2. The average Bonchev–Trinajstić information content (AvgIpc) is 2.95. The van der Waals surface area contributed by atoms with Crippen LogP contribution in [0.3, 0.4) is 0 Å². The Bertz CT molecular complexity index is 626. The number of anilines is 1. The minimum atomic E-state index is -0.249. The van der Waals surface area contributed by atoms with Gasteiger partial charge in [-0.15, -0.1) is 0 Å². The van der Waals surface area contributed by atoms with Crippen molar-refractivity contribution in [2.24, 2.45) is 0 Å². The Balaban J connectivity index is 1.99. The van der Waals surface area contributed by atoms with Crippen LogP contribution in [0.4, 0.5) is 5.69 Å². The van der Waals surface area contributed by atoms with Crippen LogP contribution in [-0.2, 0) is 16.1 Å². The number of carbonyl (C=O) groups is 2. The van der Waals surface area contributed by atoms with E-state index in [9.17, 15) is 9.59 Å². The van der Waals surface area contributed by atoms with Crippen molar-refractivity contribution in [3.8, 4) is 0 Å². The van der Waals surface area contributed by atoms with Crippen LogP contribution in [0, 0.1) is 0 Å². The van der Waals surface area contributed by atoms with Gasteiger partial charge in [0.25, 0.3) is 0 Å². The first kappa shape index (κ1) is 15.3. The van der Waals surface area contributed by atoms with E-state index in [0.29, 0.717) is 18.0 Å². The molecule has 0 fully saturated rings. The van der Waals surface area contributed by atoms with Crippen LogP contribution in [0.25, 0.3) is 0 Å². The molecule has 2 aromatic rings. The Labute approximate surface area is 131 Å². The lowest BCUT2D eigenvalue weighted by Crippen LogP contribution is -2.39. The topological polar surface area (TPSA) is 62.6 Å². The van der Waals surface area contributed by atoms with Gasteiger partial charge in [-0.3, -0.25) is 9.59 Å². The molecule has 5 nitrogen and oxygen atoms in total. The molecule has 1 aromatic heterocycles. The number of nitrogens with zero attached hydrogens (tertiary/aromatic N) is 1. The van der Waals surface area contributed by atoms with E-state index in [0.717, 1.165) is 4.47 Å². The van der Waals surface area contributed by atoms with E-state index >= 15 is 0 Å². The van der Waals surface area contributed by atoms with Crippen molar-refractivity contribution < 1.29 is 14.0 Å². The van der Waals surface area contributed by atoms with Crippen molar-refractivity contribution in [3.63, 3.8) is 0 Å². The summed E-state index contributed by atoms with van der Waals surface area (Å²) in [5.41, 5.74) is 0.671. The molecule has 2 rings (SSSR count). The molecule has 1 aromatic carbocycles. The molecule has 0 radical (unpaired) electrons. The number of nitrogens with one attached hydrogen (secondary N) is 1. The SMILES string of the molecule is CC(=O)N(CC(=O)NCc1ccco1)c1cccc(Br)c1. The van der Waals surface area contributed by atoms with E-state index in [1.54, 1.807) is 30.5 Å². The fraction of sp³-hybridized carbons (Fsp3) is 0.200. The molecule has 0 saturated carbocycles. The number of amides is 2. The van der Waals surface area contributed by atoms with Gasteiger partial charge < -0.3 is 14.6 Å². The molecule has 2 amide bonds. The number of benzene rings is 1. The second-order valence-corrected chi connectivity index (χ2v) is 5.36. The first-order chi connectivity index (χ1) is 10.1. The number of halogens is 1. The number of rotatable bonds is 5. The Kier molecular flexibility index (Phi) is 5.16. The summed E-state index contributed by atoms with van der Waals surface area (Å²) in [5.74, 6) is 0.225. The van der Waals surface area contributed by atoms with Gasteiger partial charge in [0.2, 0.25) is 11.8 Å². The maximum Gasteiger partial charge on any atom is 0.240 e. The summed E-state index contributed by atoms with van der Waals surface area (Å²) in [6, 6.07) is 10.8. The van der Waals surface area contributed by atoms with Gasteiger partial charge in [-0.2, -0.15) is 0 Å². The maximum atomic E-state index is 12.0. The van der Waals surface area contributed by atoms with Crippen LogP contribution in [-0.4, -0.2) is 18.4 Å². The Hall–Kier alpha value is -2.08. The molecule has 0 aliphatic carbocycles. The maximum absolute atomic E-state index is 12.0. The largest absolute Gasteiger partial charge is 0.467 e. The Morgan fingerprint density at radius 1 is 1.29 bits per heavy atom. The van der Waals surface area contributed by atoms with Crippen LogP contribution >= 0.6 is 15.9 Å². The molecule has 0 aliphatic rings. The standard InChI is InChI=1S/C15H15BrN2O3/c1-11(19)18(13-5-2-4-12(16)8-13)10-15(20)17-9-14-6-3-7-21-14/h2-8H,9-10H2,1H3,(H,17,20). The molecule has 0 spiro atoms. The molecule has 110 valence electrons. The highest BCUT2D eigenvalue weighted by molar-refractivity contribution is 9.10. The van der Waals surface area contributed by atoms with Crippen molar-refractivity contribution in [1.29, 1.82) is 0 Å². The highest BCUT2D eigenvalue weighted by Crippen LogP contribution is 2.19. The normalized spacial score (nSPS) is 10.2. The zero-order valence-electron chi connectivity index (χ0n) is 11.5. The monoisotopic (exact) mass is 350 g/mol. The van der Waals surface area contributed by atoms with Crippen molar-refractivity contribution in [3.05, 3.63) is 52.9 Å². The van der Waals surface area contributed by atoms with E-state index in [1.165, 1.54) is 11.8 Å². The number of furan rings is 1. The lowest BCUT2D eigenvalue weighted by molar-refractivity contribution is -0.123. The van der Waals surface area contributed by atoms with Gasteiger partial charge in [0, 0.05) is 17.1 Å². The molecule has 0 aliphatic heterocycles. The van der Waals surface area contributed by atoms with Gasteiger partial charge in [0.15, 0.2) is 0 Å². The summed E-state index contributed by atoms with van der Waals surface area (Å²) in [7, 11) is 0. The molecular weight excluding hydrogens is 336 g/mol. The minimum Gasteiger partial charge on any atom is -0.467 e. The molecular formula is C15H15BrN2O3. The highest BCUT2D eigenvalue weighted by atomic mass is 79.9. The first-order valence-electron chi connectivity index (χ1n) is 6.39. The molecule has 0 saturated heterocycles. The van der Waals surface area contributed by atoms with E-state index in [2.05, 4.69) is 21.2 Å². The molecule has 1 N–H and O–H groups in total. The zero-order valence-corrected chi connectivity index (χ0v) is 13.1. The lowest BCUT2D eigenvalue weighted by Gasteiger charge is -2.20. The van der Waals surface area contributed by atoms with E-state index in [1.807, 2.05) is 12.1 Å².